The van der Waals surface area contributed by atoms with E-state index in [1.165, 1.54) is 10.4 Å². The second-order valence-corrected chi connectivity index (χ2v) is 7.70. The highest BCUT2D eigenvalue weighted by Crippen LogP contribution is 2.29. The molecule has 0 radical (unpaired) electrons. The van der Waals surface area contributed by atoms with Gasteiger partial charge >= 0.3 is 0 Å². The maximum absolute atomic E-state index is 12.5. The van der Waals surface area contributed by atoms with Crippen LogP contribution in [-0.4, -0.2) is 37.0 Å². The zero-order valence-corrected chi connectivity index (χ0v) is 12.9. The average molecular weight is 312 g/mol. The van der Waals surface area contributed by atoms with E-state index in [2.05, 4.69) is 0 Å². The lowest BCUT2D eigenvalue weighted by molar-refractivity contribution is 0.220. The van der Waals surface area contributed by atoms with Gasteiger partial charge in [0.25, 0.3) is 10.0 Å². The number of hydrogen-bond acceptors (Lipinski definition) is 4. The second-order valence-electron chi connectivity index (χ2n) is 3.87. The van der Waals surface area contributed by atoms with Crippen molar-refractivity contribution >= 4 is 33.0 Å². The Morgan fingerprint density at radius 1 is 1.39 bits per heavy atom. The molecule has 4 nitrogen and oxygen atoms in total. The summed E-state index contributed by atoms with van der Waals surface area (Å²) in [6.45, 7) is 3.81. The number of aliphatic hydroxyl groups excluding tert-OH is 1. The summed E-state index contributed by atoms with van der Waals surface area (Å²) in [6, 6.07) is 2.99. The molecular formula is C11H18ClNO3S2. The molecule has 0 aliphatic carbocycles. The van der Waals surface area contributed by atoms with Gasteiger partial charge in [-0.15, -0.1) is 11.3 Å². The quantitative estimate of drug-likeness (QED) is 0.842. The van der Waals surface area contributed by atoms with Gasteiger partial charge in [0.2, 0.25) is 0 Å². The number of aliphatic hydroxyl groups is 1. The molecule has 0 aliphatic rings. The van der Waals surface area contributed by atoms with Crippen molar-refractivity contribution in [1.82, 2.24) is 4.31 Å². The van der Waals surface area contributed by atoms with Crippen molar-refractivity contribution in [2.45, 2.75) is 36.9 Å². The minimum absolute atomic E-state index is 0.0944. The highest BCUT2D eigenvalue weighted by molar-refractivity contribution is 7.91. The third-order valence-corrected chi connectivity index (χ3v) is 6.43. The summed E-state index contributed by atoms with van der Waals surface area (Å²) >= 11 is 6.82. The molecule has 0 amide bonds. The van der Waals surface area contributed by atoms with Crippen molar-refractivity contribution in [2.24, 2.45) is 0 Å². The van der Waals surface area contributed by atoms with Crippen molar-refractivity contribution in [3.8, 4) is 0 Å². The maximum Gasteiger partial charge on any atom is 0.252 e. The van der Waals surface area contributed by atoms with Gasteiger partial charge in [-0.25, -0.2) is 8.42 Å². The summed E-state index contributed by atoms with van der Waals surface area (Å²) in [4.78, 5) is 0. The lowest BCUT2D eigenvalue weighted by atomic mass is 10.2. The lowest BCUT2D eigenvalue weighted by Crippen LogP contribution is -2.41. The summed E-state index contributed by atoms with van der Waals surface area (Å²) in [5.41, 5.74) is 0. The van der Waals surface area contributed by atoms with E-state index in [4.69, 9.17) is 16.7 Å². The van der Waals surface area contributed by atoms with Crippen molar-refractivity contribution in [1.29, 1.82) is 0 Å². The van der Waals surface area contributed by atoms with Crippen LogP contribution in [0.3, 0.4) is 0 Å². The van der Waals surface area contributed by atoms with Gasteiger partial charge in [0.05, 0.1) is 10.9 Å². The average Bonchev–Trinajstić information content (AvgIpc) is 2.77. The van der Waals surface area contributed by atoms with E-state index in [1.807, 2.05) is 13.8 Å². The molecule has 0 bridgehead atoms. The number of hydrogen-bond donors (Lipinski definition) is 1. The first-order valence-electron chi connectivity index (χ1n) is 5.85. The summed E-state index contributed by atoms with van der Waals surface area (Å²) in [5.74, 6) is 0. The lowest BCUT2D eigenvalue weighted by Gasteiger charge is -2.28. The predicted octanol–water partition coefficient (Wildman–Crippen LogP) is 2.57. The Morgan fingerprint density at radius 2 is 2.00 bits per heavy atom. The number of halogens is 1. The van der Waals surface area contributed by atoms with E-state index < -0.39 is 10.0 Å². The first-order chi connectivity index (χ1) is 8.47. The van der Waals surface area contributed by atoms with Crippen molar-refractivity contribution < 1.29 is 13.5 Å². The molecule has 7 heteroatoms. The van der Waals surface area contributed by atoms with E-state index in [-0.39, 0.29) is 23.4 Å². The van der Waals surface area contributed by atoms with Gasteiger partial charge in [0, 0.05) is 12.6 Å². The van der Waals surface area contributed by atoms with Gasteiger partial charge in [-0.1, -0.05) is 25.4 Å². The Morgan fingerprint density at radius 3 is 2.39 bits per heavy atom. The second kappa shape index (κ2) is 6.86. The summed E-state index contributed by atoms with van der Waals surface area (Å²) < 4.78 is 27.0. The van der Waals surface area contributed by atoms with Crippen LogP contribution in [0.15, 0.2) is 16.3 Å². The van der Waals surface area contributed by atoms with Gasteiger partial charge in [-0.3, -0.25) is 0 Å². The van der Waals surface area contributed by atoms with Gasteiger partial charge in [0.1, 0.15) is 4.21 Å². The molecule has 1 heterocycles. The normalized spacial score (nSPS) is 12.6. The maximum atomic E-state index is 12.5. The third-order valence-electron chi connectivity index (χ3n) is 2.78. The molecule has 0 saturated heterocycles. The minimum atomic E-state index is -3.56. The minimum Gasteiger partial charge on any atom is -0.395 e. The third kappa shape index (κ3) is 3.45. The van der Waals surface area contributed by atoms with Crippen LogP contribution < -0.4 is 0 Å². The number of rotatable bonds is 7. The van der Waals surface area contributed by atoms with Crippen LogP contribution in [0.4, 0.5) is 0 Å². The van der Waals surface area contributed by atoms with Gasteiger partial charge in [0.15, 0.2) is 0 Å². The summed E-state index contributed by atoms with van der Waals surface area (Å²) in [5, 5.41) is 9.06. The fraction of sp³-hybridized carbons (Fsp3) is 0.636. The zero-order valence-electron chi connectivity index (χ0n) is 10.5. The van der Waals surface area contributed by atoms with Crippen LogP contribution in [0.1, 0.15) is 26.7 Å². The standard InChI is InChI=1S/C11H18ClNO3S2/c1-3-9(4-2)13(7-8-14)18(15,16)11-6-5-10(12)17-11/h5-6,9,14H,3-4,7-8H2,1-2H3. The molecule has 1 N–H and O–H groups in total. The molecule has 0 saturated carbocycles. The molecule has 0 aliphatic heterocycles. The first-order valence-corrected chi connectivity index (χ1v) is 8.48. The molecule has 0 spiro atoms. The highest BCUT2D eigenvalue weighted by Gasteiger charge is 2.30. The fourth-order valence-electron chi connectivity index (χ4n) is 1.85. The molecule has 104 valence electrons. The summed E-state index contributed by atoms with van der Waals surface area (Å²) in [6.07, 6.45) is 1.43. The van der Waals surface area contributed by atoms with Gasteiger partial charge in [-0.05, 0) is 25.0 Å². The molecule has 0 aromatic carbocycles. The molecule has 1 rings (SSSR count). The molecule has 18 heavy (non-hydrogen) atoms. The monoisotopic (exact) mass is 311 g/mol. The predicted molar refractivity (Wildman–Crippen MR) is 74.7 cm³/mol. The van der Waals surface area contributed by atoms with Gasteiger partial charge in [-0.2, -0.15) is 4.31 Å². The van der Waals surface area contributed by atoms with E-state index in [0.29, 0.717) is 4.34 Å². The van der Waals surface area contributed by atoms with Crippen LogP contribution in [0, 0.1) is 0 Å². The van der Waals surface area contributed by atoms with E-state index in [0.717, 1.165) is 24.2 Å². The van der Waals surface area contributed by atoms with Crippen LogP contribution in [0.5, 0.6) is 0 Å². The SMILES string of the molecule is CCC(CC)N(CCO)S(=O)(=O)c1ccc(Cl)s1. The summed E-state index contributed by atoms with van der Waals surface area (Å²) in [7, 11) is -3.56. The van der Waals surface area contributed by atoms with Crippen molar-refractivity contribution in [3.63, 3.8) is 0 Å². The molecular weight excluding hydrogens is 294 g/mol. The molecule has 0 fully saturated rings. The Bertz CT molecular complexity index is 468. The number of nitrogens with zero attached hydrogens (tertiary/aromatic N) is 1. The Hall–Kier alpha value is -0.140. The van der Waals surface area contributed by atoms with Crippen LogP contribution in [0.2, 0.25) is 4.34 Å². The number of thiophene rings is 1. The Kier molecular flexibility index (Phi) is 6.07. The first kappa shape index (κ1) is 15.9. The fourth-order valence-corrected chi connectivity index (χ4v) is 5.22. The number of sulfonamides is 1. The smallest absolute Gasteiger partial charge is 0.252 e. The highest BCUT2D eigenvalue weighted by atomic mass is 35.5. The Balaban J connectivity index is 3.11. The zero-order chi connectivity index (χ0) is 13.8. The molecule has 1 aromatic heterocycles. The van der Waals surface area contributed by atoms with Crippen LogP contribution in [0.25, 0.3) is 0 Å². The molecule has 0 atom stereocenters. The molecule has 1 aromatic rings. The van der Waals surface area contributed by atoms with E-state index in [1.54, 1.807) is 6.07 Å². The van der Waals surface area contributed by atoms with Crippen molar-refractivity contribution in [2.75, 3.05) is 13.2 Å². The molecule has 0 unspecified atom stereocenters. The van der Waals surface area contributed by atoms with Crippen molar-refractivity contribution in [3.05, 3.63) is 16.5 Å². The van der Waals surface area contributed by atoms with E-state index >= 15 is 0 Å². The Labute approximate surface area is 117 Å². The van der Waals surface area contributed by atoms with Crippen LogP contribution in [-0.2, 0) is 10.0 Å². The topological polar surface area (TPSA) is 57.6 Å². The van der Waals surface area contributed by atoms with Gasteiger partial charge < -0.3 is 5.11 Å². The van der Waals surface area contributed by atoms with Crippen LogP contribution >= 0.6 is 22.9 Å². The largest absolute Gasteiger partial charge is 0.395 e. The van der Waals surface area contributed by atoms with E-state index in [9.17, 15) is 8.42 Å².